The second kappa shape index (κ2) is 6.60. The molecule has 1 saturated heterocycles. The van der Waals surface area contributed by atoms with Crippen molar-refractivity contribution in [2.75, 3.05) is 13.1 Å². The van der Waals surface area contributed by atoms with Gasteiger partial charge in [0.25, 0.3) is 5.69 Å². The average Bonchev–Trinajstić information content (AvgIpc) is 3.23. The normalized spacial score (nSPS) is 18.0. The molecular formula is C18H19N5O2. The fourth-order valence-electron chi connectivity index (χ4n) is 3.49. The van der Waals surface area contributed by atoms with Crippen LogP contribution in [-0.2, 0) is 13.1 Å². The maximum atomic E-state index is 11.0. The van der Waals surface area contributed by atoms with Crippen molar-refractivity contribution in [1.82, 2.24) is 19.7 Å². The van der Waals surface area contributed by atoms with Crippen LogP contribution in [0.15, 0.2) is 48.8 Å². The summed E-state index contributed by atoms with van der Waals surface area (Å²) in [5, 5.41) is 16.4. The van der Waals surface area contributed by atoms with Gasteiger partial charge in [-0.3, -0.25) is 24.7 Å². The molecule has 2 aromatic heterocycles. The highest BCUT2D eigenvalue weighted by molar-refractivity contribution is 5.80. The zero-order valence-electron chi connectivity index (χ0n) is 13.8. The van der Waals surface area contributed by atoms with E-state index in [-0.39, 0.29) is 10.6 Å². The Labute approximate surface area is 145 Å². The highest BCUT2D eigenvalue weighted by Crippen LogP contribution is 2.24. The molecule has 0 aliphatic carbocycles. The summed E-state index contributed by atoms with van der Waals surface area (Å²) in [6.07, 6.45) is 4.70. The standard InChI is InChI=1S/C18H19N5O2/c24-23(25)17-5-4-15-10-20-22(18(15)9-17)12-14-6-8-21(11-14)13-16-3-1-2-7-19-16/h1-5,7,9-10,14H,6,8,11-13H2. The summed E-state index contributed by atoms with van der Waals surface area (Å²) in [6, 6.07) is 10.9. The van der Waals surface area contributed by atoms with Crippen LogP contribution in [0.5, 0.6) is 0 Å². The lowest BCUT2D eigenvalue weighted by atomic mass is 10.1. The monoisotopic (exact) mass is 337 g/mol. The van der Waals surface area contributed by atoms with Crippen LogP contribution in [0, 0.1) is 16.0 Å². The largest absolute Gasteiger partial charge is 0.297 e. The number of non-ortho nitro benzene ring substituents is 1. The second-order valence-corrected chi connectivity index (χ2v) is 6.54. The van der Waals surface area contributed by atoms with Gasteiger partial charge >= 0.3 is 0 Å². The van der Waals surface area contributed by atoms with Crippen molar-refractivity contribution < 1.29 is 4.92 Å². The predicted molar refractivity (Wildman–Crippen MR) is 94.0 cm³/mol. The van der Waals surface area contributed by atoms with Gasteiger partial charge in [-0.1, -0.05) is 6.07 Å². The molecule has 3 heterocycles. The first-order valence-electron chi connectivity index (χ1n) is 8.41. The average molecular weight is 337 g/mol. The summed E-state index contributed by atoms with van der Waals surface area (Å²) in [4.78, 5) is 17.4. The van der Waals surface area contributed by atoms with Crippen LogP contribution in [0.3, 0.4) is 0 Å². The number of nitrogens with zero attached hydrogens (tertiary/aromatic N) is 5. The minimum atomic E-state index is -0.360. The van der Waals surface area contributed by atoms with Gasteiger partial charge in [0.1, 0.15) is 0 Å². The van der Waals surface area contributed by atoms with Crippen LogP contribution in [0.2, 0.25) is 0 Å². The maximum Gasteiger partial charge on any atom is 0.271 e. The predicted octanol–water partition coefficient (Wildman–Crippen LogP) is 2.86. The number of benzene rings is 1. The third-order valence-corrected chi connectivity index (χ3v) is 4.75. The molecule has 1 aromatic carbocycles. The van der Waals surface area contributed by atoms with Crippen LogP contribution >= 0.6 is 0 Å². The number of aromatic nitrogens is 3. The van der Waals surface area contributed by atoms with Crippen molar-refractivity contribution in [2.24, 2.45) is 5.92 Å². The summed E-state index contributed by atoms with van der Waals surface area (Å²) in [6.45, 7) is 3.68. The third-order valence-electron chi connectivity index (χ3n) is 4.75. The molecule has 7 heteroatoms. The van der Waals surface area contributed by atoms with Gasteiger partial charge in [0, 0.05) is 43.4 Å². The Kier molecular flexibility index (Phi) is 4.15. The molecule has 1 fully saturated rings. The summed E-state index contributed by atoms with van der Waals surface area (Å²) >= 11 is 0. The number of likely N-dealkylation sites (tertiary alicyclic amines) is 1. The van der Waals surface area contributed by atoms with Gasteiger partial charge in [0.15, 0.2) is 0 Å². The first kappa shape index (κ1) is 15.7. The minimum Gasteiger partial charge on any atom is -0.297 e. The molecular weight excluding hydrogens is 318 g/mol. The van der Waals surface area contributed by atoms with E-state index in [1.54, 1.807) is 18.3 Å². The fourth-order valence-corrected chi connectivity index (χ4v) is 3.49. The molecule has 1 unspecified atom stereocenters. The molecule has 1 aliphatic rings. The number of rotatable bonds is 5. The third kappa shape index (κ3) is 3.36. The zero-order valence-corrected chi connectivity index (χ0v) is 13.8. The van der Waals surface area contributed by atoms with Crippen molar-refractivity contribution in [2.45, 2.75) is 19.5 Å². The quantitative estimate of drug-likeness (QED) is 0.528. The second-order valence-electron chi connectivity index (χ2n) is 6.54. The topological polar surface area (TPSA) is 77.1 Å². The molecule has 0 radical (unpaired) electrons. The van der Waals surface area contributed by atoms with Gasteiger partial charge in [-0.2, -0.15) is 5.10 Å². The fraction of sp³-hybridized carbons (Fsp3) is 0.333. The number of nitro benzene ring substituents is 1. The highest BCUT2D eigenvalue weighted by atomic mass is 16.6. The Morgan fingerprint density at radius 3 is 3.00 bits per heavy atom. The molecule has 4 rings (SSSR count). The molecule has 128 valence electrons. The number of hydrogen-bond acceptors (Lipinski definition) is 5. The first-order chi connectivity index (χ1) is 12.2. The van der Waals surface area contributed by atoms with E-state index >= 15 is 0 Å². The maximum absolute atomic E-state index is 11.0. The minimum absolute atomic E-state index is 0.109. The van der Waals surface area contributed by atoms with Crippen LogP contribution in [0.25, 0.3) is 10.9 Å². The van der Waals surface area contributed by atoms with Crippen molar-refractivity contribution >= 4 is 16.6 Å². The van der Waals surface area contributed by atoms with Crippen LogP contribution in [0.1, 0.15) is 12.1 Å². The van der Waals surface area contributed by atoms with Crippen LogP contribution in [-0.4, -0.2) is 37.7 Å². The number of fused-ring (bicyclic) bond motifs is 1. The molecule has 0 spiro atoms. The zero-order chi connectivity index (χ0) is 17.2. The Morgan fingerprint density at radius 1 is 1.28 bits per heavy atom. The van der Waals surface area contributed by atoms with Gasteiger partial charge in [-0.15, -0.1) is 0 Å². The summed E-state index contributed by atoms with van der Waals surface area (Å²) in [5.41, 5.74) is 2.03. The summed E-state index contributed by atoms with van der Waals surface area (Å²) < 4.78 is 1.90. The lowest BCUT2D eigenvalue weighted by molar-refractivity contribution is -0.384. The SMILES string of the molecule is O=[N+]([O-])c1ccc2cnn(CC3CCN(Cc4ccccn4)C3)c2c1. The molecule has 7 nitrogen and oxygen atoms in total. The van der Waals surface area contributed by atoms with Gasteiger partial charge in [-0.25, -0.2) is 0 Å². The first-order valence-corrected chi connectivity index (χ1v) is 8.41. The Balaban J connectivity index is 1.45. The molecule has 0 bridgehead atoms. The molecule has 0 amide bonds. The van der Waals surface area contributed by atoms with E-state index < -0.39 is 0 Å². The van der Waals surface area contributed by atoms with Gasteiger partial charge < -0.3 is 0 Å². The number of hydrogen-bond donors (Lipinski definition) is 0. The van der Waals surface area contributed by atoms with Crippen LogP contribution < -0.4 is 0 Å². The number of pyridine rings is 1. The van der Waals surface area contributed by atoms with Gasteiger partial charge in [0.2, 0.25) is 0 Å². The Bertz CT molecular complexity index is 893. The van der Waals surface area contributed by atoms with Crippen molar-refractivity contribution in [3.63, 3.8) is 0 Å². The Morgan fingerprint density at radius 2 is 2.20 bits per heavy atom. The highest BCUT2D eigenvalue weighted by Gasteiger charge is 2.24. The summed E-state index contributed by atoms with van der Waals surface area (Å²) in [5.74, 6) is 0.492. The van der Waals surface area contributed by atoms with Crippen molar-refractivity contribution in [1.29, 1.82) is 0 Å². The lowest BCUT2D eigenvalue weighted by Gasteiger charge is -2.15. The molecule has 25 heavy (non-hydrogen) atoms. The number of nitro groups is 1. The van der Waals surface area contributed by atoms with Crippen molar-refractivity contribution in [3.05, 3.63) is 64.6 Å². The molecule has 3 aromatic rings. The van der Waals surface area contributed by atoms with Gasteiger partial charge in [-0.05, 0) is 37.1 Å². The smallest absolute Gasteiger partial charge is 0.271 e. The van der Waals surface area contributed by atoms with E-state index in [9.17, 15) is 10.1 Å². The van der Waals surface area contributed by atoms with E-state index in [4.69, 9.17) is 0 Å². The molecule has 1 atom stereocenters. The van der Waals surface area contributed by atoms with Crippen molar-refractivity contribution in [3.8, 4) is 0 Å². The van der Waals surface area contributed by atoms with Crippen LogP contribution in [0.4, 0.5) is 5.69 Å². The molecule has 0 saturated carbocycles. The molecule has 0 N–H and O–H groups in total. The van der Waals surface area contributed by atoms with E-state index in [2.05, 4.69) is 15.0 Å². The lowest BCUT2D eigenvalue weighted by Crippen LogP contribution is -2.22. The molecule has 1 aliphatic heterocycles. The van der Waals surface area contributed by atoms with E-state index in [1.807, 2.05) is 29.1 Å². The summed E-state index contributed by atoms with van der Waals surface area (Å²) in [7, 11) is 0. The van der Waals surface area contributed by atoms with Gasteiger partial charge in [0.05, 0.1) is 22.3 Å². The Hall–Kier alpha value is -2.80. The van der Waals surface area contributed by atoms with E-state index in [1.165, 1.54) is 6.07 Å². The van der Waals surface area contributed by atoms with E-state index in [0.717, 1.165) is 49.2 Å². The van der Waals surface area contributed by atoms with E-state index in [0.29, 0.717) is 5.92 Å².